The summed E-state index contributed by atoms with van der Waals surface area (Å²) in [7, 11) is 1.75. The van der Waals surface area contributed by atoms with Crippen molar-refractivity contribution >= 4 is 33.4 Å². The molecule has 1 N–H and O–H groups in total. The Morgan fingerprint density at radius 2 is 1.48 bits per heavy atom. The summed E-state index contributed by atoms with van der Waals surface area (Å²) in [5.41, 5.74) is 2.56. The molecule has 0 aliphatic heterocycles. The first-order valence-electron chi connectivity index (χ1n) is 14.0. The zero-order valence-corrected chi connectivity index (χ0v) is 23.8. The topological polar surface area (TPSA) is 87.4 Å². The van der Waals surface area contributed by atoms with E-state index >= 15 is 0 Å². The molecule has 0 spiro atoms. The molecule has 0 bridgehead atoms. The molecule has 1 amide bonds. The quantitative estimate of drug-likeness (QED) is 0.200. The number of rotatable bonds is 10. The fourth-order valence-corrected chi connectivity index (χ4v) is 5.07. The number of ether oxygens (including phenoxy) is 2. The van der Waals surface area contributed by atoms with Crippen molar-refractivity contribution in [3.63, 3.8) is 0 Å². The van der Waals surface area contributed by atoms with Crippen molar-refractivity contribution < 1.29 is 23.0 Å². The Labute approximate surface area is 251 Å². The second-order valence-electron chi connectivity index (χ2n) is 10.3. The molecule has 2 aromatic heterocycles. The third kappa shape index (κ3) is 6.00. The van der Waals surface area contributed by atoms with Gasteiger partial charge in [-0.3, -0.25) is 14.3 Å². The number of benzene rings is 4. The number of aromatic nitrogens is 3. The number of anilines is 1. The molecule has 0 aliphatic rings. The van der Waals surface area contributed by atoms with Gasteiger partial charge in [-0.05, 0) is 29.3 Å². The average Bonchev–Trinajstić information content (AvgIpc) is 3.43. The zero-order chi connectivity index (χ0) is 30.6. The lowest BCUT2D eigenvalue weighted by atomic mass is 10.1. The summed E-state index contributed by atoms with van der Waals surface area (Å²) >= 11 is 0. The van der Waals surface area contributed by atoms with E-state index in [-0.39, 0.29) is 30.8 Å². The minimum absolute atomic E-state index is 0.0167. The van der Waals surface area contributed by atoms with Gasteiger partial charge in [-0.25, -0.2) is 8.78 Å². The maximum absolute atomic E-state index is 14.1. The maximum atomic E-state index is 14.1. The Kier molecular flexibility index (Phi) is 8.05. The van der Waals surface area contributed by atoms with E-state index in [1.807, 2.05) is 66.7 Å². The van der Waals surface area contributed by atoms with Crippen molar-refractivity contribution in [2.75, 3.05) is 5.32 Å². The van der Waals surface area contributed by atoms with E-state index in [4.69, 9.17) is 9.47 Å². The van der Waals surface area contributed by atoms with Gasteiger partial charge < -0.3 is 19.4 Å². The molecule has 2 heterocycles. The van der Waals surface area contributed by atoms with Crippen molar-refractivity contribution in [2.45, 2.75) is 26.2 Å². The molecule has 8 nitrogen and oxygen atoms in total. The molecular weight excluding hydrogens is 566 g/mol. The fraction of sp³-hybridized carbons (Fsp3) is 0.147. The summed E-state index contributed by atoms with van der Waals surface area (Å²) in [4.78, 5) is 26.5. The number of aryl methyl sites for hydroxylation is 2. The predicted octanol–water partition coefficient (Wildman–Crippen LogP) is 6.35. The van der Waals surface area contributed by atoms with Gasteiger partial charge in [-0.1, -0.05) is 60.7 Å². The van der Waals surface area contributed by atoms with Gasteiger partial charge in [0, 0.05) is 37.5 Å². The average molecular weight is 595 g/mol. The minimum atomic E-state index is -0.888. The van der Waals surface area contributed by atoms with Gasteiger partial charge in [0.2, 0.25) is 5.91 Å². The van der Waals surface area contributed by atoms with Crippen LogP contribution >= 0.6 is 0 Å². The van der Waals surface area contributed by atoms with Crippen LogP contribution in [0.5, 0.6) is 11.5 Å². The summed E-state index contributed by atoms with van der Waals surface area (Å²) in [5, 5.41) is 7.82. The first-order chi connectivity index (χ1) is 21.4. The van der Waals surface area contributed by atoms with E-state index in [0.29, 0.717) is 46.0 Å². The number of pyridine rings is 1. The summed E-state index contributed by atoms with van der Waals surface area (Å²) in [6.45, 7) is 0.539. The van der Waals surface area contributed by atoms with Gasteiger partial charge >= 0.3 is 0 Å². The molecule has 0 unspecified atom stereocenters. The van der Waals surface area contributed by atoms with E-state index in [0.717, 1.165) is 23.3 Å². The summed E-state index contributed by atoms with van der Waals surface area (Å²) in [6.07, 6.45) is 1.34. The highest BCUT2D eigenvalue weighted by Gasteiger charge is 2.20. The van der Waals surface area contributed by atoms with Crippen LogP contribution in [-0.4, -0.2) is 20.3 Å². The standard InChI is InChI=1S/C34H28F2N4O4/c1-39-33-25-17-30(43-20-22-8-4-2-5-9-22)31(44-21-23-10-6-3-7-11-23)18-29(25)40(34(42)26(33)19-37-39)15-14-32(41)38-28-13-12-24(35)16-27(28)36/h2-13,16-19H,14-15,20-21H2,1H3,(H,38,41). The number of fused-ring (bicyclic) bond motifs is 3. The van der Waals surface area contributed by atoms with Crippen molar-refractivity contribution in [3.8, 4) is 11.5 Å². The maximum Gasteiger partial charge on any atom is 0.262 e. The highest BCUT2D eigenvalue weighted by atomic mass is 19.1. The monoisotopic (exact) mass is 594 g/mol. The largest absolute Gasteiger partial charge is 0.485 e. The molecule has 0 radical (unpaired) electrons. The fourth-order valence-electron chi connectivity index (χ4n) is 5.07. The molecule has 0 aliphatic carbocycles. The Balaban J connectivity index is 1.39. The number of halogens is 2. The van der Waals surface area contributed by atoms with Crippen LogP contribution < -0.4 is 20.3 Å². The van der Waals surface area contributed by atoms with Gasteiger partial charge in [0.1, 0.15) is 24.8 Å². The molecule has 6 aromatic rings. The first-order valence-corrected chi connectivity index (χ1v) is 14.0. The van der Waals surface area contributed by atoms with Gasteiger partial charge in [0.05, 0.1) is 28.3 Å². The van der Waals surface area contributed by atoms with E-state index < -0.39 is 17.5 Å². The summed E-state index contributed by atoms with van der Waals surface area (Å²) in [6, 6.07) is 25.9. The number of hydrogen-bond acceptors (Lipinski definition) is 5. The van der Waals surface area contributed by atoms with Gasteiger partial charge in [-0.2, -0.15) is 5.10 Å². The molecule has 222 valence electrons. The Bertz CT molecular complexity index is 2030. The van der Waals surface area contributed by atoms with Crippen LogP contribution in [0.25, 0.3) is 21.8 Å². The van der Waals surface area contributed by atoms with Crippen LogP contribution in [0.2, 0.25) is 0 Å². The van der Waals surface area contributed by atoms with Crippen LogP contribution in [0.1, 0.15) is 17.5 Å². The molecule has 6 rings (SSSR count). The van der Waals surface area contributed by atoms with Crippen molar-refractivity contribution in [3.05, 3.63) is 130 Å². The van der Waals surface area contributed by atoms with Crippen LogP contribution in [0.3, 0.4) is 0 Å². The highest BCUT2D eigenvalue weighted by molar-refractivity contribution is 6.04. The van der Waals surface area contributed by atoms with Crippen LogP contribution in [0.15, 0.2) is 102 Å². The molecule has 0 fully saturated rings. The number of nitrogens with one attached hydrogen (secondary N) is 1. The molecule has 10 heteroatoms. The van der Waals surface area contributed by atoms with E-state index in [2.05, 4.69) is 10.4 Å². The SMILES string of the molecule is Cn1ncc2c(=O)n(CCC(=O)Nc3ccc(F)cc3F)c3cc(OCc4ccccc4)c(OCc4ccccc4)cc3c21. The molecular formula is C34H28F2N4O4. The predicted molar refractivity (Wildman–Crippen MR) is 164 cm³/mol. The minimum Gasteiger partial charge on any atom is -0.485 e. The van der Waals surface area contributed by atoms with Crippen LogP contribution in [-0.2, 0) is 31.6 Å². The van der Waals surface area contributed by atoms with Crippen LogP contribution in [0.4, 0.5) is 14.5 Å². The van der Waals surface area contributed by atoms with E-state index in [9.17, 15) is 18.4 Å². The number of hydrogen-bond donors (Lipinski definition) is 1. The molecule has 0 atom stereocenters. The molecule has 0 saturated heterocycles. The zero-order valence-electron chi connectivity index (χ0n) is 23.8. The van der Waals surface area contributed by atoms with E-state index in [1.54, 1.807) is 17.8 Å². The second-order valence-corrected chi connectivity index (χ2v) is 10.3. The Morgan fingerprint density at radius 3 is 2.11 bits per heavy atom. The normalized spacial score (nSPS) is 11.2. The van der Waals surface area contributed by atoms with Gasteiger partial charge in [0.25, 0.3) is 5.56 Å². The highest BCUT2D eigenvalue weighted by Crippen LogP contribution is 2.36. The van der Waals surface area contributed by atoms with Crippen molar-refractivity contribution in [2.24, 2.45) is 7.05 Å². The number of nitrogens with zero attached hydrogens (tertiary/aromatic N) is 3. The van der Waals surface area contributed by atoms with Crippen molar-refractivity contribution in [1.82, 2.24) is 14.3 Å². The van der Waals surface area contributed by atoms with Crippen molar-refractivity contribution in [1.29, 1.82) is 0 Å². The number of amides is 1. The summed E-state index contributed by atoms with van der Waals surface area (Å²) in [5.74, 6) is -1.27. The van der Waals surface area contributed by atoms with E-state index in [1.165, 1.54) is 10.8 Å². The van der Waals surface area contributed by atoms with Gasteiger partial charge in [0.15, 0.2) is 11.5 Å². The first kappa shape index (κ1) is 28.6. The van der Waals surface area contributed by atoms with Gasteiger partial charge in [-0.15, -0.1) is 0 Å². The number of carbonyl (C=O) groups is 1. The lowest BCUT2D eigenvalue weighted by Gasteiger charge is -2.18. The molecule has 4 aromatic carbocycles. The van der Waals surface area contributed by atoms with Crippen LogP contribution in [0, 0.1) is 11.6 Å². The molecule has 0 saturated carbocycles. The second kappa shape index (κ2) is 12.4. The number of carbonyl (C=O) groups excluding carboxylic acids is 1. The third-order valence-electron chi connectivity index (χ3n) is 7.26. The third-order valence-corrected chi connectivity index (χ3v) is 7.26. The molecule has 44 heavy (non-hydrogen) atoms. The summed E-state index contributed by atoms with van der Waals surface area (Å²) < 4.78 is 43.1. The Morgan fingerprint density at radius 1 is 0.841 bits per heavy atom. The lowest BCUT2D eigenvalue weighted by Crippen LogP contribution is -2.24. The lowest BCUT2D eigenvalue weighted by molar-refractivity contribution is -0.116. The Hall–Kier alpha value is -5.51. The smallest absolute Gasteiger partial charge is 0.262 e.